The largest absolute Gasteiger partial charge is 0.388 e. The van der Waals surface area contributed by atoms with Crippen LogP contribution in [-0.4, -0.2) is 19.6 Å². The summed E-state index contributed by atoms with van der Waals surface area (Å²) in [6, 6.07) is 9.34. The fourth-order valence-corrected chi connectivity index (χ4v) is 2.70. The van der Waals surface area contributed by atoms with Crippen molar-refractivity contribution in [3.05, 3.63) is 29.8 Å². The van der Waals surface area contributed by atoms with E-state index < -0.39 is 0 Å². The van der Waals surface area contributed by atoms with Gasteiger partial charge in [-0.3, -0.25) is 0 Å². The highest BCUT2D eigenvalue weighted by atomic mass is 14.9. The van der Waals surface area contributed by atoms with Crippen LogP contribution in [0.4, 0.5) is 5.69 Å². The lowest BCUT2D eigenvalue weighted by Gasteiger charge is -2.23. The van der Waals surface area contributed by atoms with Crippen molar-refractivity contribution in [1.82, 2.24) is 5.32 Å². The van der Waals surface area contributed by atoms with E-state index in [1.54, 1.807) is 0 Å². The molecule has 94 valence electrons. The van der Waals surface area contributed by atoms with Gasteiger partial charge in [0, 0.05) is 18.8 Å². The second-order valence-corrected chi connectivity index (χ2v) is 4.95. The van der Waals surface area contributed by atoms with E-state index in [0.29, 0.717) is 0 Å². The van der Waals surface area contributed by atoms with E-state index in [0.717, 1.165) is 19.0 Å². The van der Waals surface area contributed by atoms with Crippen LogP contribution < -0.4 is 10.6 Å². The summed E-state index contributed by atoms with van der Waals surface area (Å²) in [5.41, 5.74) is 2.68. The predicted molar refractivity (Wildman–Crippen MR) is 74.6 cm³/mol. The lowest BCUT2D eigenvalue weighted by Crippen LogP contribution is -2.32. The van der Waals surface area contributed by atoms with Gasteiger partial charge < -0.3 is 10.6 Å². The van der Waals surface area contributed by atoms with Crippen LogP contribution in [-0.2, 0) is 6.42 Å². The maximum Gasteiger partial charge on any atom is 0.0370 e. The minimum Gasteiger partial charge on any atom is -0.388 e. The fourth-order valence-electron chi connectivity index (χ4n) is 2.70. The summed E-state index contributed by atoms with van der Waals surface area (Å²) >= 11 is 0. The molecule has 0 radical (unpaired) electrons. The minimum absolute atomic E-state index is 0.769. The second-order valence-electron chi connectivity index (χ2n) is 4.95. The first-order chi connectivity index (χ1) is 8.40. The Hall–Kier alpha value is -1.02. The Kier molecular flexibility index (Phi) is 4.87. The number of anilines is 1. The smallest absolute Gasteiger partial charge is 0.0370 e. The molecule has 0 aromatic heterocycles. The van der Waals surface area contributed by atoms with Crippen LogP contribution in [0.5, 0.6) is 0 Å². The zero-order valence-electron chi connectivity index (χ0n) is 10.8. The predicted octanol–water partition coefficient (Wildman–Crippen LogP) is 3.19. The van der Waals surface area contributed by atoms with Gasteiger partial charge in [-0.2, -0.15) is 0 Å². The average molecular weight is 232 g/mol. The molecular weight excluding hydrogens is 208 g/mol. The summed E-state index contributed by atoms with van der Waals surface area (Å²) in [6.45, 7) is 1.10. The highest BCUT2D eigenvalue weighted by Gasteiger charge is 2.12. The van der Waals surface area contributed by atoms with Crippen molar-refractivity contribution < 1.29 is 0 Å². The van der Waals surface area contributed by atoms with Gasteiger partial charge >= 0.3 is 0 Å². The molecule has 0 bridgehead atoms. The molecule has 0 spiro atoms. The number of rotatable bonds is 5. The maximum atomic E-state index is 3.69. The quantitative estimate of drug-likeness (QED) is 0.814. The van der Waals surface area contributed by atoms with Gasteiger partial charge in [0.05, 0.1) is 0 Å². The lowest BCUT2D eigenvalue weighted by atomic mass is 9.95. The van der Waals surface area contributed by atoms with Crippen molar-refractivity contribution in [2.45, 2.75) is 44.6 Å². The van der Waals surface area contributed by atoms with Crippen LogP contribution in [0.2, 0.25) is 0 Å². The summed E-state index contributed by atoms with van der Waals surface area (Å²) in [4.78, 5) is 0. The van der Waals surface area contributed by atoms with Gasteiger partial charge in [-0.1, -0.05) is 37.5 Å². The first-order valence-corrected chi connectivity index (χ1v) is 6.89. The van der Waals surface area contributed by atoms with Crippen molar-refractivity contribution >= 4 is 5.69 Å². The van der Waals surface area contributed by atoms with Gasteiger partial charge in [0.15, 0.2) is 0 Å². The zero-order chi connectivity index (χ0) is 11.9. The molecule has 2 N–H and O–H groups in total. The molecule has 1 fully saturated rings. The maximum absolute atomic E-state index is 3.69. The lowest BCUT2D eigenvalue weighted by molar-refractivity contribution is 0.375. The second kappa shape index (κ2) is 6.65. The summed E-state index contributed by atoms with van der Waals surface area (Å²) in [5, 5.41) is 6.95. The first kappa shape index (κ1) is 12.4. The first-order valence-electron chi connectivity index (χ1n) is 6.89. The third-order valence-corrected chi connectivity index (χ3v) is 3.72. The highest BCUT2D eigenvalue weighted by molar-refractivity contribution is 5.50. The van der Waals surface area contributed by atoms with Gasteiger partial charge in [0.1, 0.15) is 0 Å². The Labute approximate surface area is 105 Å². The highest BCUT2D eigenvalue weighted by Crippen LogP contribution is 2.18. The Bertz CT molecular complexity index is 329. The van der Waals surface area contributed by atoms with E-state index >= 15 is 0 Å². The van der Waals surface area contributed by atoms with E-state index in [2.05, 4.69) is 34.9 Å². The third-order valence-electron chi connectivity index (χ3n) is 3.72. The van der Waals surface area contributed by atoms with E-state index in [1.807, 2.05) is 7.05 Å². The number of hydrogen-bond acceptors (Lipinski definition) is 2. The number of para-hydroxylation sites is 1. The molecule has 0 unspecified atom stereocenters. The van der Waals surface area contributed by atoms with Crippen molar-refractivity contribution in [3.8, 4) is 0 Å². The van der Waals surface area contributed by atoms with Crippen molar-refractivity contribution in [3.63, 3.8) is 0 Å². The summed E-state index contributed by atoms with van der Waals surface area (Å²) < 4.78 is 0. The van der Waals surface area contributed by atoms with Gasteiger partial charge in [-0.25, -0.2) is 0 Å². The van der Waals surface area contributed by atoms with Crippen LogP contribution in [0.15, 0.2) is 24.3 Å². The van der Waals surface area contributed by atoms with Gasteiger partial charge in [-0.05, 0) is 37.4 Å². The molecule has 1 aliphatic rings. The van der Waals surface area contributed by atoms with Gasteiger partial charge in [0.25, 0.3) is 0 Å². The molecule has 0 saturated heterocycles. The van der Waals surface area contributed by atoms with E-state index in [9.17, 15) is 0 Å². The topological polar surface area (TPSA) is 24.1 Å². The molecule has 0 atom stereocenters. The normalized spacial score (nSPS) is 17.0. The molecule has 17 heavy (non-hydrogen) atoms. The summed E-state index contributed by atoms with van der Waals surface area (Å²) in [6.07, 6.45) is 8.10. The molecule has 0 heterocycles. The molecule has 1 saturated carbocycles. The third kappa shape index (κ3) is 3.74. The van der Waals surface area contributed by atoms with E-state index in [1.165, 1.54) is 43.4 Å². The standard InChI is InChI=1S/C15H24N2/c1-16-15-10-6-5-7-13(15)11-12-17-14-8-3-2-4-9-14/h5-7,10,14,16-17H,2-4,8-9,11-12H2,1H3. The Balaban J connectivity index is 1.77. The zero-order valence-corrected chi connectivity index (χ0v) is 10.8. The van der Waals surface area contributed by atoms with Crippen LogP contribution in [0.3, 0.4) is 0 Å². The SMILES string of the molecule is CNc1ccccc1CCNC1CCCCC1. The number of benzene rings is 1. The van der Waals surface area contributed by atoms with Crippen molar-refractivity contribution in [1.29, 1.82) is 0 Å². The Morgan fingerprint density at radius 3 is 2.65 bits per heavy atom. The van der Waals surface area contributed by atoms with Gasteiger partial charge in [-0.15, -0.1) is 0 Å². The van der Waals surface area contributed by atoms with E-state index in [-0.39, 0.29) is 0 Å². The van der Waals surface area contributed by atoms with Crippen LogP contribution >= 0.6 is 0 Å². The summed E-state index contributed by atoms with van der Waals surface area (Å²) in [7, 11) is 1.99. The molecule has 1 aromatic carbocycles. The molecule has 2 heteroatoms. The fraction of sp³-hybridized carbons (Fsp3) is 0.600. The van der Waals surface area contributed by atoms with Crippen LogP contribution in [0, 0.1) is 0 Å². The monoisotopic (exact) mass is 232 g/mol. The molecule has 0 aliphatic heterocycles. The van der Waals surface area contributed by atoms with Crippen molar-refractivity contribution in [2.75, 3.05) is 18.9 Å². The van der Waals surface area contributed by atoms with Crippen LogP contribution in [0.25, 0.3) is 0 Å². The van der Waals surface area contributed by atoms with Gasteiger partial charge in [0.2, 0.25) is 0 Å². The Morgan fingerprint density at radius 1 is 1.12 bits per heavy atom. The number of hydrogen-bond donors (Lipinski definition) is 2. The molecule has 1 aliphatic carbocycles. The van der Waals surface area contributed by atoms with E-state index in [4.69, 9.17) is 0 Å². The summed E-state index contributed by atoms with van der Waals surface area (Å²) in [5.74, 6) is 0. The molecule has 1 aromatic rings. The van der Waals surface area contributed by atoms with Crippen LogP contribution in [0.1, 0.15) is 37.7 Å². The average Bonchev–Trinajstić information content (AvgIpc) is 2.40. The molecule has 2 nitrogen and oxygen atoms in total. The minimum atomic E-state index is 0.769. The molecule has 0 amide bonds. The molecular formula is C15H24N2. The Morgan fingerprint density at radius 2 is 1.88 bits per heavy atom. The van der Waals surface area contributed by atoms with Crippen molar-refractivity contribution in [2.24, 2.45) is 0 Å². The number of nitrogens with one attached hydrogen (secondary N) is 2. The molecule has 2 rings (SSSR count).